The Labute approximate surface area is 118 Å². The van der Waals surface area contributed by atoms with Gasteiger partial charge in [-0.1, -0.05) is 0 Å². The van der Waals surface area contributed by atoms with Gasteiger partial charge in [-0.15, -0.1) is 11.3 Å². The van der Waals surface area contributed by atoms with E-state index in [1.165, 1.54) is 18.6 Å². The lowest BCUT2D eigenvalue weighted by atomic mass is 10.2. The van der Waals surface area contributed by atoms with E-state index in [0.717, 1.165) is 16.0 Å². The zero-order valence-corrected chi connectivity index (χ0v) is 11.1. The Morgan fingerprint density at radius 3 is 3.05 bits per heavy atom. The van der Waals surface area contributed by atoms with Crippen LogP contribution in [0, 0.1) is 0 Å². The van der Waals surface area contributed by atoms with Gasteiger partial charge in [-0.05, 0) is 23.6 Å². The molecular formula is C13H10N4O2S. The summed E-state index contributed by atoms with van der Waals surface area (Å²) < 4.78 is 0. The Morgan fingerprint density at radius 2 is 2.20 bits per heavy atom. The summed E-state index contributed by atoms with van der Waals surface area (Å²) in [6, 6.07) is 4.96. The first-order valence-corrected chi connectivity index (χ1v) is 6.72. The van der Waals surface area contributed by atoms with E-state index >= 15 is 0 Å². The molecule has 0 saturated heterocycles. The van der Waals surface area contributed by atoms with Crippen molar-refractivity contribution in [1.29, 1.82) is 0 Å². The van der Waals surface area contributed by atoms with Crippen LogP contribution in [-0.2, 0) is 6.54 Å². The maximum Gasteiger partial charge on any atom is 0.335 e. The van der Waals surface area contributed by atoms with Crippen LogP contribution in [0.5, 0.6) is 0 Å². The minimum Gasteiger partial charge on any atom is -0.478 e. The molecule has 0 amide bonds. The largest absolute Gasteiger partial charge is 0.478 e. The quantitative estimate of drug-likeness (QED) is 0.765. The van der Waals surface area contributed by atoms with Crippen LogP contribution in [-0.4, -0.2) is 26.0 Å². The number of carboxylic acid groups (broad SMARTS) is 1. The summed E-state index contributed by atoms with van der Waals surface area (Å²) in [5, 5.41) is 15.0. The van der Waals surface area contributed by atoms with E-state index in [4.69, 9.17) is 5.11 Å². The van der Waals surface area contributed by atoms with Gasteiger partial charge in [0.25, 0.3) is 0 Å². The number of hydrogen-bond donors (Lipinski definition) is 2. The van der Waals surface area contributed by atoms with E-state index in [0.29, 0.717) is 12.2 Å². The van der Waals surface area contributed by atoms with E-state index in [-0.39, 0.29) is 5.56 Å². The first-order valence-electron chi connectivity index (χ1n) is 5.84. The molecule has 3 rings (SSSR count). The summed E-state index contributed by atoms with van der Waals surface area (Å²) in [5.74, 6) is -0.241. The fourth-order valence-electron chi connectivity index (χ4n) is 1.81. The fourth-order valence-corrected chi connectivity index (χ4v) is 2.55. The number of nitrogens with zero attached hydrogens (tertiary/aromatic N) is 3. The molecule has 3 heterocycles. The lowest BCUT2D eigenvalue weighted by Gasteiger charge is -2.06. The summed E-state index contributed by atoms with van der Waals surface area (Å²) >= 11 is 1.55. The van der Waals surface area contributed by atoms with Gasteiger partial charge in [0.15, 0.2) is 0 Å². The number of hydrogen-bond acceptors (Lipinski definition) is 6. The fraction of sp³-hybridized carbons (Fsp3) is 0.0769. The molecule has 0 aliphatic rings. The Morgan fingerprint density at radius 1 is 1.30 bits per heavy atom. The normalized spacial score (nSPS) is 10.6. The van der Waals surface area contributed by atoms with Crippen LogP contribution >= 0.6 is 11.3 Å². The van der Waals surface area contributed by atoms with Crippen molar-refractivity contribution < 1.29 is 9.90 Å². The van der Waals surface area contributed by atoms with Crippen molar-refractivity contribution in [3.05, 3.63) is 47.4 Å². The number of fused-ring (bicyclic) bond motifs is 1. The summed E-state index contributed by atoms with van der Waals surface area (Å²) in [6.07, 6.45) is 2.99. The molecule has 0 saturated carbocycles. The second-order valence-corrected chi connectivity index (χ2v) is 4.95. The van der Waals surface area contributed by atoms with E-state index in [2.05, 4.69) is 20.3 Å². The van der Waals surface area contributed by atoms with Crippen molar-refractivity contribution in [3.63, 3.8) is 0 Å². The van der Waals surface area contributed by atoms with Gasteiger partial charge in [0.2, 0.25) is 0 Å². The highest BCUT2D eigenvalue weighted by atomic mass is 32.1. The second kappa shape index (κ2) is 5.22. The second-order valence-electron chi connectivity index (χ2n) is 4.06. The predicted octanol–water partition coefficient (Wildman–Crippen LogP) is 2.40. The summed E-state index contributed by atoms with van der Waals surface area (Å²) in [7, 11) is 0. The van der Waals surface area contributed by atoms with Crippen LogP contribution in [0.2, 0.25) is 0 Å². The number of aromatic nitrogens is 3. The minimum atomic E-state index is -0.962. The molecule has 100 valence electrons. The van der Waals surface area contributed by atoms with Gasteiger partial charge in [-0.3, -0.25) is 4.98 Å². The van der Waals surface area contributed by atoms with Crippen LogP contribution in [0.4, 0.5) is 5.82 Å². The molecule has 0 spiro atoms. The Bertz CT molecular complexity index is 772. The number of carbonyl (C=O) groups is 1. The molecule has 0 fully saturated rings. The van der Waals surface area contributed by atoms with Gasteiger partial charge in [-0.25, -0.2) is 14.8 Å². The van der Waals surface area contributed by atoms with Crippen LogP contribution in [0.15, 0.2) is 36.1 Å². The topological polar surface area (TPSA) is 88.0 Å². The summed E-state index contributed by atoms with van der Waals surface area (Å²) in [6.45, 7) is 0.406. The average molecular weight is 286 g/mol. The smallest absolute Gasteiger partial charge is 0.335 e. The predicted molar refractivity (Wildman–Crippen MR) is 75.9 cm³/mol. The third-order valence-electron chi connectivity index (χ3n) is 2.76. The van der Waals surface area contributed by atoms with Crippen LogP contribution in [0.25, 0.3) is 10.2 Å². The molecule has 7 heteroatoms. The van der Waals surface area contributed by atoms with Gasteiger partial charge < -0.3 is 10.4 Å². The first-order chi connectivity index (χ1) is 9.74. The standard InChI is InChI=1S/C13H10N4O2S/c18-13(19)8-1-3-14-9(5-8)6-15-11-10-2-4-20-12(10)17-7-16-11/h1-5,7H,6H2,(H,18,19)(H,15,16,17). The van der Waals surface area contributed by atoms with E-state index < -0.39 is 5.97 Å². The molecule has 0 unspecified atom stereocenters. The van der Waals surface area contributed by atoms with E-state index in [1.54, 1.807) is 17.4 Å². The highest BCUT2D eigenvalue weighted by Gasteiger charge is 2.07. The highest BCUT2D eigenvalue weighted by molar-refractivity contribution is 7.16. The number of carboxylic acids is 1. The Balaban J connectivity index is 1.81. The van der Waals surface area contributed by atoms with Crippen LogP contribution in [0.3, 0.4) is 0 Å². The molecule has 0 aliphatic carbocycles. The zero-order chi connectivity index (χ0) is 13.9. The van der Waals surface area contributed by atoms with Crippen LogP contribution < -0.4 is 5.32 Å². The maximum atomic E-state index is 10.9. The van der Waals surface area contributed by atoms with Crippen molar-refractivity contribution in [3.8, 4) is 0 Å². The van der Waals surface area contributed by atoms with Gasteiger partial charge >= 0.3 is 5.97 Å². The number of thiophene rings is 1. The lowest BCUT2D eigenvalue weighted by molar-refractivity contribution is 0.0696. The molecule has 20 heavy (non-hydrogen) atoms. The molecule has 0 bridgehead atoms. The van der Waals surface area contributed by atoms with Crippen LogP contribution in [0.1, 0.15) is 16.1 Å². The van der Waals surface area contributed by atoms with Crippen molar-refractivity contribution in [2.45, 2.75) is 6.54 Å². The van der Waals surface area contributed by atoms with Crippen molar-refractivity contribution in [2.24, 2.45) is 0 Å². The van der Waals surface area contributed by atoms with E-state index in [9.17, 15) is 4.79 Å². The van der Waals surface area contributed by atoms with Crippen molar-refractivity contribution in [2.75, 3.05) is 5.32 Å². The van der Waals surface area contributed by atoms with Gasteiger partial charge in [0.05, 0.1) is 23.2 Å². The molecule has 0 aliphatic heterocycles. The molecule has 6 nitrogen and oxygen atoms in total. The van der Waals surface area contributed by atoms with Gasteiger partial charge in [-0.2, -0.15) is 0 Å². The number of nitrogens with one attached hydrogen (secondary N) is 1. The Kier molecular flexibility index (Phi) is 3.26. The summed E-state index contributed by atoms with van der Waals surface area (Å²) in [4.78, 5) is 24.3. The number of anilines is 1. The van der Waals surface area contributed by atoms with Gasteiger partial charge in [0, 0.05) is 6.20 Å². The number of pyridine rings is 1. The first kappa shape index (κ1) is 12.5. The molecule has 0 atom stereocenters. The average Bonchev–Trinajstić information content (AvgIpc) is 2.94. The Hall–Kier alpha value is -2.54. The monoisotopic (exact) mass is 286 g/mol. The zero-order valence-electron chi connectivity index (χ0n) is 10.3. The molecule has 0 aromatic carbocycles. The van der Waals surface area contributed by atoms with Crippen molar-refractivity contribution in [1.82, 2.24) is 15.0 Å². The summed E-state index contributed by atoms with van der Waals surface area (Å²) in [5.41, 5.74) is 0.868. The highest BCUT2D eigenvalue weighted by Crippen LogP contribution is 2.23. The minimum absolute atomic E-state index is 0.222. The molecule has 0 radical (unpaired) electrons. The third-order valence-corrected chi connectivity index (χ3v) is 3.58. The number of rotatable bonds is 4. The molecule has 3 aromatic heterocycles. The lowest BCUT2D eigenvalue weighted by Crippen LogP contribution is -2.05. The van der Waals surface area contributed by atoms with Crippen molar-refractivity contribution >= 4 is 33.3 Å². The SMILES string of the molecule is O=C(O)c1ccnc(CNc2ncnc3sccc23)c1. The third kappa shape index (κ3) is 2.43. The molecule has 2 N–H and O–H groups in total. The molecule has 3 aromatic rings. The maximum absolute atomic E-state index is 10.9. The molecular weight excluding hydrogens is 276 g/mol. The van der Waals surface area contributed by atoms with Gasteiger partial charge in [0.1, 0.15) is 17.0 Å². The number of aromatic carboxylic acids is 1. The van der Waals surface area contributed by atoms with E-state index in [1.807, 2.05) is 11.4 Å².